The van der Waals surface area contributed by atoms with E-state index >= 15 is 0 Å². The third-order valence-electron chi connectivity index (χ3n) is 4.41. The first-order valence-corrected chi connectivity index (χ1v) is 9.61. The molecule has 0 fully saturated rings. The SMILES string of the molecule is CC(C)Cc1nc(C2=CCC(O)C=C2)cnc1NC(=O)CCc1c#cccc1. The van der Waals surface area contributed by atoms with Crippen LogP contribution in [0.4, 0.5) is 5.82 Å². The highest BCUT2D eigenvalue weighted by atomic mass is 16.3. The molecular formula is C23H25N3O2. The first-order chi connectivity index (χ1) is 13.5. The molecule has 1 atom stereocenters. The van der Waals surface area contributed by atoms with Crippen molar-refractivity contribution in [3.63, 3.8) is 0 Å². The van der Waals surface area contributed by atoms with Crippen molar-refractivity contribution in [2.45, 2.75) is 45.6 Å². The van der Waals surface area contributed by atoms with Crippen molar-refractivity contribution < 1.29 is 9.90 Å². The number of allylic oxidation sites excluding steroid dienone is 2. The molecule has 3 rings (SSSR count). The van der Waals surface area contributed by atoms with Crippen molar-refractivity contribution in [2.24, 2.45) is 5.92 Å². The van der Waals surface area contributed by atoms with Crippen LogP contribution in [-0.4, -0.2) is 27.1 Å². The summed E-state index contributed by atoms with van der Waals surface area (Å²) in [5.41, 5.74) is 3.43. The predicted molar refractivity (Wildman–Crippen MR) is 109 cm³/mol. The number of carbonyl (C=O) groups is 1. The molecular weight excluding hydrogens is 350 g/mol. The second-order valence-electron chi connectivity index (χ2n) is 7.34. The zero-order chi connectivity index (χ0) is 19.9. The van der Waals surface area contributed by atoms with Crippen LogP contribution in [0.5, 0.6) is 0 Å². The van der Waals surface area contributed by atoms with Crippen LogP contribution < -0.4 is 5.32 Å². The number of aryl methyl sites for hydroxylation is 1. The van der Waals surface area contributed by atoms with Gasteiger partial charge in [-0.25, -0.2) is 9.97 Å². The number of hydrogen-bond donors (Lipinski definition) is 2. The van der Waals surface area contributed by atoms with E-state index in [1.807, 2.05) is 24.3 Å². The number of nitrogens with one attached hydrogen (secondary N) is 1. The van der Waals surface area contributed by atoms with E-state index in [0.29, 0.717) is 31.0 Å². The maximum Gasteiger partial charge on any atom is 0.225 e. The molecule has 144 valence electrons. The van der Waals surface area contributed by atoms with Crippen LogP contribution in [0.15, 0.2) is 42.6 Å². The normalized spacial score (nSPS) is 15.9. The molecule has 5 nitrogen and oxygen atoms in total. The molecule has 0 bridgehead atoms. The second kappa shape index (κ2) is 9.29. The van der Waals surface area contributed by atoms with Crippen molar-refractivity contribution >= 4 is 17.3 Å². The van der Waals surface area contributed by atoms with E-state index in [9.17, 15) is 9.90 Å². The van der Waals surface area contributed by atoms with Gasteiger partial charge in [-0.3, -0.25) is 4.79 Å². The van der Waals surface area contributed by atoms with Gasteiger partial charge in [-0.1, -0.05) is 50.3 Å². The van der Waals surface area contributed by atoms with Gasteiger partial charge in [0.2, 0.25) is 5.91 Å². The first-order valence-electron chi connectivity index (χ1n) is 9.61. The van der Waals surface area contributed by atoms with Gasteiger partial charge in [0, 0.05) is 12.0 Å². The molecule has 1 amide bonds. The molecule has 1 aromatic carbocycles. The van der Waals surface area contributed by atoms with Crippen LogP contribution in [0.1, 0.15) is 43.6 Å². The summed E-state index contributed by atoms with van der Waals surface area (Å²) >= 11 is 0. The van der Waals surface area contributed by atoms with Gasteiger partial charge in [-0.2, -0.15) is 0 Å². The lowest BCUT2D eigenvalue weighted by Crippen LogP contribution is -2.17. The molecule has 1 heterocycles. The van der Waals surface area contributed by atoms with E-state index in [0.717, 1.165) is 28.9 Å². The topological polar surface area (TPSA) is 75.1 Å². The van der Waals surface area contributed by atoms with E-state index < -0.39 is 6.10 Å². The molecule has 0 saturated heterocycles. The number of rotatable bonds is 7. The van der Waals surface area contributed by atoms with E-state index in [2.05, 4.69) is 36.3 Å². The first kappa shape index (κ1) is 19.8. The Bertz CT molecular complexity index is 873. The summed E-state index contributed by atoms with van der Waals surface area (Å²) in [5.74, 6) is 0.808. The molecule has 2 aromatic rings. The highest BCUT2D eigenvalue weighted by Crippen LogP contribution is 2.23. The van der Waals surface area contributed by atoms with Gasteiger partial charge in [0.05, 0.1) is 23.7 Å². The van der Waals surface area contributed by atoms with Crippen molar-refractivity contribution in [3.05, 3.63) is 71.7 Å². The van der Waals surface area contributed by atoms with Crippen LogP contribution in [0, 0.1) is 18.1 Å². The molecule has 1 aliphatic rings. The summed E-state index contributed by atoms with van der Waals surface area (Å²) in [7, 11) is 0. The number of aromatic nitrogens is 2. The fourth-order valence-corrected chi connectivity index (χ4v) is 2.98. The number of aliphatic hydroxyl groups excluding tert-OH is 1. The lowest BCUT2D eigenvalue weighted by Gasteiger charge is -2.15. The number of carbonyl (C=O) groups excluding carboxylic acids is 1. The quantitative estimate of drug-likeness (QED) is 0.776. The number of anilines is 1. The predicted octanol–water partition coefficient (Wildman–Crippen LogP) is 3.55. The maximum atomic E-state index is 12.4. The number of amides is 1. The molecule has 0 saturated carbocycles. The third kappa shape index (κ3) is 5.51. The van der Waals surface area contributed by atoms with Crippen molar-refractivity contribution in [1.29, 1.82) is 0 Å². The Morgan fingerprint density at radius 3 is 2.96 bits per heavy atom. The highest BCUT2D eigenvalue weighted by molar-refractivity contribution is 5.90. The third-order valence-corrected chi connectivity index (χ3v) is 4.41. The van der Waals surface area contributed by atoms with Crippen LogP contribution >= 0.6 is 0 Å². The monoisotopic (exact) mass is 375 g/mol. The van der Waals surface area contributed by atoms with Crippen LogP contribution in [-0.2, 0) is 17.6 Å². The lowest BCUT2D eigenvalue weighted by molar-refractivity contribution is -0.116. The minimum absolute atomic E-state index is 0.0933. The summed E-state index contributed by atoms with van der Waals surface area (Å²) in [5, 5.41) is 12.5. The fourth-order valence-electron chi connectivity index (χ4n) is 2.98. The van der Waals surface area contributed by atoms with Gasteiger partial charge in [0.15, 0.2) is 5.82 Å². The minimum Gasteiger partial charge on any atom is -0.389 e. The summed E-state index contributed by atoms with van der Waals surface area (Å²) in [6.07, 6.45) is 9.06. The van der Waals surface area contributed by atoms with Gasteiger partial charge in [-0.15, -0.1) is 0 Å². The van der Waals surface area contributed by atoms with Crippen LogP contribution in [0.3, 0.4) is 0 Å². The highest BCUT2D eigenvalue weighted by Gasteiger charge is 2.15. The zero-order valence-electron chi connectivity index (χ0n) is 16.3. The van der Waals surface area contributed by atoms with E-state index in [1.165, 1.54) is 0 Å². The second-order valence-corrected chi connectivity index (χ2v) is 7.34. The van der Waals surface area contributed by atoms with Crippen LogP contribution in [0.2, 0.25) is 0 Å². The Labute approximate surface area is 166 Å². The Morgan fingerprint density at radius 2 is 2.29 bits per heavy atom. The molecule has 5 heteroatoms. The molecule has 28 heavy (non-hydrogen) atoms. The molecule has 2 N–H and O–H groups in total. The Balaban J connectivity index is 1.72. The molecule has 0 aliphatic heterocycles. The van der Waals surface area contributed by atoms with Gasteiger partial charge in [0.1, 0.15) is 0 Å². The van der Waals surface area contributed by atoms with Gasteiger partial charge >= 0.3 is 0 Å². The van der Waals surface area contributed by atoms with Gasteiger partial charge in [0.25, 0.3) is 0 Å². The summed E-state index contributed by atoms with van der Waals surface area (Å²) in [4.78, 5) is 21.6. The zero-order valence-corrected chi connectivity index (χ0v) is 16.3. The van der Waals surface area contributed by atoms with E-state index in [1.54, 1.807) is 18.3 Å². The Hall–Kier alpha value is -2.97. The number of nitrogens with zero attached hydrogens (tertiary/aromatic N) is 2. The maximum absolute atomic E-state index is 12.4. The lowest BCUT2D eigenvalue weighted by atomic mass is 10.0. The molecule has 1 unspecified atom stereocenters. The van der Waals surface area contributed by atoms with Crippen molar-refractivity contribution in [2.75, 3.05) is 5.32 Å². The minimum atomic E-state index is -0.440. The van der Waals surface area contributed by atoms with Crippen LogP contribution in [0.25, 0.3) is 5.57 Å². The summed E-state index contributed by atoms with van der Waals surface area (Å²) in [6, 6.07) is 11.5. The number of hydrogen-bond acceptors (Lipinski definition) is 4. The molecule has 0 spiro atoms. The van der Waals surface area contributed by atoms with Crippen molar-refractivity contribution in [1.82, 2.24) is 9.97 Å². The van der Waals surface area contributed by atoms with E-state index in [-0.39, 0.29) is 5.91 Å². The molecule has 0 radical (unpaired) electrons. The standard InChI is InChI=1S/C23H25N3O2/c1-16(2)14-20-23(26-22(28)13-8-17-6-4-3-5-7-17)24-15-21(25-20)18-9-11-19(27)12-10-18/h3-4,6,9-11,15-16,19,27H,8,12-14H2,1-2H3,(H,24,26,28). The van der Waals surface area contributed by atoms with Gasteiger partial charge < -0.3 is 10.4 Å². The summed E-state index contributed by atoms with van der Waals surface area (Å²) in [6.45, 7) is 4.22. The number of aliphatic hydroxyl groups is 1. The largest absolute Gasteiger partial charge is 0.389 e. The molecule has 1 aliphatic carbocycles. The average molecular weight is 375 g/mol. The summed E-state index contributed by atoms with van der Waals surface area (Å²) < 4.78 is 0. The smallest absolute Gasteiger partial charge is 0.225 e. The fraction of sp³-hybridized carbons (Fsp3) is 0.348. The average Bonchev–Trinajstić information content (AvgIpc) is 2.69. The Kier molecular flexibility index (Phi) is 6.57. The van der Waals surface area contributed by atoms with Crippen molar-refractivity contribution in [3.8, 4) is 0 Å². The van der Waals surface area contributed by atoms with Gasteiger partial charge in [-0.05, 0) is 42.9 Å². The Morgan fingerprint density at radius 1 is 1.43 bits per heavy atom. The molecule has 1 aromatic heterocycles. The van der Waals surface area contributed by atoms with E-state index in [4.69, 9.17) is 4.98 Å².